The van der Waals surface area contributed by atoms with E-state index in [0.29, 0.717) is 0 Å². The number of nitrogens with one attached hydrogen (secondary N) is 2. The number of hydrogen-bond acceptors (Lipinski definition) is 3. The first-order valence-electron chi connectivity index (χ1n) is 5.83. The van der Waals surface area contributed by atoms with Crippen molar-refractivity contribution in [3.8, 4) is 0 Å². The van der Waals surface area contributed by atoms with Gasteiger partial charge in [0.1, 0.15) is 0 Å². The molecule has 17 heavy (non-hydrogen) atoms. The van der Waals surface area contributed by atoms with E-state index >= 15 is 0 Å². The van der Waals surface area contributed by atoms with Crippen LogP contribution in [0.1, 0.15) is 17.5 Å². The Bertz CT molecular complexity index is 460. The zero-order valence-electron chi connectivity index (χ0n) is 10.2. The van der Waals surface area contributed by atoms with Gasteiger partial charge in [0.2, 0.25) is 0 Å². The Balaban J connectivity index is 1.95. The average Bonchev–Trinajstić information content (AvgIpc) is 2.35. The van der Waals surface area contributed by atoms with Crippen LogP contribution in [-0.2, 0) is 13.1 Å². The van der Waals surface area contributed by atoms with Gasteiger partial charge in [-0.2, -0.15) is 0 Å². The van der Waals surface area contributed by atoms with E-state index in [-0.39, 0.29) is 0 Å². The van der Waals surface area contributed by atoms with Gasteiger partial charge in [0, 0.05) is 25.2 Å². The lowest BCUT2D eigenvalue weighted by molar-refractivity contribution is 0.728. The van der Waals surface area contributed by atoms with Crippen LogP contribution in [0.4, 0.5) is 0 Å². The van der Waals surface area contributed by atoms with Gasteiger partial charge in [0.25, 0.3) is 0 Å². The van der Waals surface area contributed by atoms with E-state index in [1.807, 2.05) is 7.05 Å². The van der Waals surface area contributed by atoms with Crippen molar-refractivity contribution in [1.82, 2.24) is 10.6 Å². The molecule has 0 unspecified atom stereocenters. The van der Waals surface area contributed by atoms with Crippen LogP contribution in [0.25, 0.3) is 0 Å². The third-order valence-electron chi connectivity index (χ3n) is 2.97. The quantitative estimate of drug-likeness (QED) is 0.719. The van der Waals surface area contributed by atoms with Crippen LogP contribution in [-0.4, -0.2) is 7.05 Å². The summed E-state index contributed by atoms with van der Waals surface area (Å²) >= 11 is 0. The molecular formula is C14H19N3. The molecule has 0 radical (unpaired) electrons. The maximum absolute atomic E-state index is 5.82. The predicted molar refractivity (Wildman–Crippen MR) is 71.0 cm³/mol. The predicted octanol–water partition coefficient (Wildman–Crippen LogP) is 1.63. The third-order valence-corrected chi connectivity index (χ3v) is 2.97. The van der Waals surface area contributed by atoms with Crippen molar-refractivity contribution in [3.05, 3.63) is 58.9 Å². The molecule has 1 aromatic carbocycles. The Kier molecular flexibility index (Phi) is 3.49. The zero-order chi connectivity index (χ0) is 12.3. The van der Waals surface area contributed by atoms with Crippen LogP contribution in [0.15, 0.2) is 47.8 Å². The highest BCUT2D eigenvalue weighted by molar-refractivity contribution is 5.43. The molecule has 3 nitrogen and oxygen atoms in total. The number of rotatable bonds is 5. The number of allylic oxidation sites excluding steroid dienone is 2. The molecule has 0 heterocycles. The van der Waals surface area contributed by atoms with E-state index < -0.39 is 0 Å². The highest BCUT2D eigenvalue weighted by Crippen LogP contribution is 2.26. The largest absolute Gasteiger partial charge is 0.397 e. The molecule has 1 aliphatic rings. The van der Waals surface area contributed by atoms with Crippen molar-refractivity contribution >= 4 is 0 Å². The van der Waals surface area contributed by atoms with Gasteiger partial charge in [-0.25, -0.2) is 0 Å². The van der Waals surface area contributed by atoms with Crippen molar-refractivity contribution in [2.45, 2.75) is 19.5 Å². The second-order valence-electron chi connectivity index (χ2n) is 4.38. The molecule has 4 N–H and O–H groups in total. The van der Waals surface area contributed by atoms with Crippen LogP contribution in [0.5, 0.6) is 0 Å². The molecule has 0 saturated heterocycles. The molecule has 0 bridgehead atoms. The molecular weight excluding hydrogens is 210 g/mol. The fraction of sp³-hybridized carbons (Fsp3) is 0.286. The Morgan fingerprint density at radius 1 is 1.29 bits per heavy atom. The van der Waals surface area contributed by atoms with E-state index in [0.717, 1.165) is 36.5 Å². The van der Waals surface area contributed by atoms with Crippen molar-refractivity contribution in [2.75, 3.05) is 7.05 Å². The van der Waals surface area contributed by atoms with E-state index in [9.17, 15) is 0 Å². The molecule has 0 amide bonds. The SMILES string of the molecule is C=C1CC(NCc2cccc(CNC)c2)=C1N. The van der Waals surface area contributed by atoms with Gasteiger partial charge < -0.3 is 16.4 Å². The van der Waals surface area contributed by atoms with Crippen molar-refractivity contribution < 1.29 is 0 Å². The topological polar surface area (TPSA) is 50.1 Å². The normalized spacial score (nSPS) is 14.8. The second-order valence-corrected chi connectivity index (χ2v) is 4.38. The van der Waals surface area contributed by atoms with Gasteiger partial charge in [0.05, 0.1) is 5.70 Å². The third kappa shape index (κ3) is 2.68. The lowest BCUT2D eigenvalue weighted by Gasteiger charge is -2.24. The summed E-state index contributed by atoms with van der Waals surface area (Å²) in [5, 5.41) is 6.51. The van der Waals surface area contributed by atoms with Crippen LogP contribution in [0, 0.1) is 0 Å². The molecule has 0 fully saturated rings. The van der Waals surface area contributed by atoms with Crippen LogP contribution >= 0.6 is 0 Å². The summed E-state index contributed by atoms with van der Waals surface area (Å²) in [7, 11) is 1.95. The summed E-state index contributed by atoms with van der Waals surface area (Å²) in [5.74, 6) is 0. The van der Waals surface area contributed by atoms with Crippen LogP contribution in [0.2, 0.25) is 0 Å². The van der Waals surface area contributed by atoms with Crippen molar-refractivity contribution in [1.29, 1.82) is 0 Å². The van der Waals surface area contributed by atoms with Gasteiger partial charge in [0.15, 0.2) is 0 Å². The Morgan fingerprint density at radius 2 is 2.00 bits per heavy atom. The lowest BCUT2D eigenvalue weighted by Crippen LogP contribution is -2.26. The zero-order valence-corrected chi connectivity index (χ0v) is 10.2. The van der Waals surface area contributed by atoms with Gasteiger partial charge in [-0.3, -0.25) is 0 Å². The Hall–Kier alpha value is -1.74. The van der Waals surface area contributed by atoms with Gasteiger partial charge >= 0.3 is 0 Å². The summed E-state index contributed by atoms with van der Waals surface area (Å²) in [4.78, 5) is 0. The molecule has 0 spiro atoms. The van der Waals surface area contributed by atoms with Gasteiger partial charge in [-0.15, -0.1) is 0 Å². The Morgan fingerprint density at radius 3 is 2.59 bits per heavy atom. The van der Waals surface area contributed by atoms with E-state index in [4.69, 9.17) is 5.73 Å². The minimum atomic E-state index is 0.820. The maximum Gasteiger partial charge on any atom is 0.0541 e. The van der Waals surface area contributed by atoms with Gasteiger partial charge in [-0.1, -0.05) is 30.8 Å². The molecule has 0 aliphatic heterocycles. The first-order chi connectivity index (χ1) is 8.20. The average molecular weight is 229 g/mol. The number of nitrogens with two attached hydrogens (primary N) is 1. The summed E-state index contributed by atoms with van der Waals surface area (Å²) in [6, 6.07) is 8.53. The minimum Gasteiger partial charge on any atom is -0.397 e. The van der Waals surface area contributed by atoms with Gasteiger partial charge in [-0.05, 0) is 23.7 Å². The first kappa shape index (κ1) is 11.7. The van der Waals surface area contributed by atoms with E-state index in [2.05, 4.69) is 41.5 Å². The minimum absolute atomic E-state index is 0.820. The fourth-order valence-corrected chi connectivity index (χ4v) is 1.93. The van der Waals surface area contributed by atoms with Crippen LogP contribution in [0.3, 0.4) is 0 Å². The van der Waals surface area contributed by atoms with Crippen molar-refractivity contribution in [2.24, 2.45) is 5.73 Å². The molecule has 3 heteroatoms. The second kappa shape index (κ2) is 5.06. The fourth-order valence-electron chi connectivity index (χ4n) is 1.93. The standard InChI is InChI=1S/C14H19N3/c1-10-6-13(14(10)15)17-9-12-5-3-4-11(7-12)8-16-2/h3-5,7,16-17H,1,6,8-9,15H2,2H3. The van der Waals surface area contributed by atoms with Crippen molar-refractivity contribution in [3.63, 3.8) is 0 Å². The summed E-state index contributed by atoms with van der Waals surface area (Å²) in [6.45, 7) is 5.57. The number of benzene rings is 1. The first-order valence-corrected chi connectivity index (χ1v) is 5.83. The summed E-state index contributed by atoms with van der Waals surface area (Å²) < 4.78 is 0. The van der Waals surface area contributed by atoms with E-state index in [1.165, 1.54) is 11.1 Å². The summed E-state index contributed by atoms with van der Waals surface area (Å²) in [5.41, 5.74) is 11.4. The molecule has 1 aliphatic carbocycles. The van der Waals surface area contributed by atoms with Crippen LogP contribution < -0.4 is 16.4 Å². The molecule has 0 saturated carbocycles. The molecule has 2 rings (SSSR count). The highest BCUT2D eigenvalue weighted by atomic mass is 14.9. The molecule has 90 valence electrons. The lowest BCUT2D eigenvalue weighted by atomic mass is 9.95. The maximum atomic E-state index is 5.82. The smallest absolute Gasteiger partial charge is 0.0541 e. The Labute approximate surface area is 102 Å². The molecule has 1 aromatic rings. The number of hydrogen-bond donors (Lipinski definition) is 3. The highest BCUT2D eigenvalue weighted by Gasteiger charge is 2.17. The summed E-state index contributed by atoms with van der Waals surface area (Å²) in [6.07, 6.45) is 0.891. The molecule has 0 aromatic heterocycles. The molecule has 0 atom stereocenters. The van der Waals surface area contributed by atoms with E-state index in [1.54, 1.807) is 0 Å². The monoisotopic (exact) mass is 229 g/mol.